The molecule has 1 aromatic rings. The van der Waals surface area contributed by atoms with Crippen LogP contribution in [-0.4, -0.2) is 41.4 Å². The second kappa shape index (κ2) is 5.13. The van der Waals surface area contributed by atoms with Crippen LogP contribution in [0.3, 0.4) is 0 Å². The van der Waals surface area contributed by atoms with Gasteiger partial charge in [0.25, 0.3) is 0 Å². The number of rotatable bonds is 3. The van der Waals surface area contributed by atoms with Crippen LogP contribution in [0.1, 0.15) is 37.8 Å². The Morgan fingerprint density at radius 1 is 1.14 bits per heavy atom. The number of benzene rings is 1. The molecule has 21 heavy (non-hydrogen) atoms. The van der Waals surface area contributed by atoms with Gasteiger partial charge < -0.3 is 4.90 Å². The smallest absolute Gasteiger partial charge is 0.225 e. The van der Waals surface area contributed by atoms with Crippen LogP contribution in [0.4, 0.5) is 0 Å². The lowest BCUT2D eigenvalue weighted by atomic mass is 10.0. The molecular formula is C18H24N2O. The van der Waals surface area contributed by atoms with Gasteiger partial charge in [0.15, 0.2) is 0 Å². The Labute approximate surface area is 126 Å². The summed E-state index contributed by atoms with van der Waals surface area (Å²) < 4.78 is 0. The van der Waals surface area contributed by atoms with Crippen LogP contribution in [0.5, 0.6) is 0 Å². The molecule has 1 aliphatic carbocycles. The van der Waals surface area contributed by atoms with E-state index < -0.39 is 0 Å². The second-order valence-corrected chi connectivity index (χ2v) is 6.96. The van der Waals surface area contributed by atoms with E-state index in [0.717, 1.165) is 25.9 Å². The van der Waals surface area contributed by atoms with Crippen LogP contribution >= 0.6 is 0 Å². The number of hydrogen-bond acceptors (Lipinski definition) is 2. The Balaban J connectivity index is 1.47. The van der Waals surface area contributed by atoms with E-state index in [1.807, 2.05) is 0 Å². The van der Waals surface area contributed by atoms with Crippen LogP contribution < -0.4 is 0 Å². The van der Waals surface area contributed by atoms with Crippen molar-refractivity contribution in [3.05, 3.63) is 35.9 Å². The summed E-state index contributed by atoms with van der Waals surface area (Å²) in [5, 5.41) is 0. The summed E-state index contributed by atoms with van der Waals surface area (Å²) in [5.74, 6) is 1.49. The fraction of sp³-hybridized carbons (Fsp3) is 0.611. The van der Waals surface area contributed by atoms with Crippen LogP contribution in [0.15, 0.2) is 30.3 Å². The molecule has 3 heteroatoms. The quantitative estimate of drug-likeness (QED) is 0.852. The molecule has 0 N–H and O–H groups in total. The molecule has 1 amide bonds. The summed E-state index contributed by atoms with van der Waals surface area (Å²) in [6, 6.07) is 11.8. The van der Waals surface area contributed by atoms with Crippen LogP contribution in [0.25, 0.3) is 0 Å². The molecule has 1 unspecified atom stereocenters. The van der Waals surface area contributed by atoms with Crippen molar-refractivity contribution in [3.63, 3.8) is 0 Å². The third-order valence-corrected chi connectivity index (χ3v) is 5.61. The van der Waals surface area contributed by atoms with Gasteiger partial charge in [-0.1, -0.05) is 30.3 Å². The van der Waals surface area contributed by atoms with Crippen molar-refractivity contribution in [1.82, 2.24) is 9.80 Å². The van der Waals surface area contributed by atoms with E-state index in [9.17, 15) is 4.79 Å². The van der Waals surface area contributed by atoms with Crippen molar-refractivity contribution >= 4 is 5.91 Å². The molecule has 3 aliphatic rings. The molecule has 1 saturated carbocycles. The summed E-state index contributed by atoms with van der Waals surface area (Å²) in [6.07, 6.45) is 3.49. The van der Waals surface area contributed by atoms with Crippen LogP contribution in [0, 0.1) is 11.8 Å². The normalized spacial score (nSPS) is 30.4. The average molecular weight is 284 g/mol. The van der Waals surface area contributed by atoms with Crippen LogP contribution in [0.2, 0.25) is 0 Å². The minimum atomic E-state index is 0.365. The van der Waals surface area contributed by atoms with Gasteiger partial charge in [-0.3, -0.25) is 9.69 Å². The molecule has 4 rings (SSSR count). The predicted molar refractivity (Wildman–Crippen MR) is 82.8 cm³/mol. The zero-order valence-electron chi connectivity index (χ0n) is 12.7. The molecule has 0 bridgehead atoms. The molecule has 0 spiro atoms. The minimum Gasteiger partial charge on any atom is -0.341 e. The molecule has 2 saturated heterocycles. The Kier molecular flexibility index (Phi) is 3.26. The number of likely N-dealkylation sites (tertiary alicyclic amines) is 2. The molecule has 1 aromatic carbocycles. The molecule has 0 aromatic heterocycles. The number of hydrogen-bond donors (Lipinski definition) is 0. The average Bonchev–Trinajstić information content (AvgIpc) is 3.16. The first-order valence-electron chi connectivity index (χ1n) is 8.33. The van der Waals surface area contributed by atoms with E-state index in [1.54, 1.807) is 0 Å². The molecule has 3 nitrogen and oxygen atoms in total. The lowest BCUT2D eigenvalue weighted by molar-refractivity contribution is -0.131. The molecular weight excluding hydrogens is 260 g/mol. The van der Waals surface area contributed by atoms with Gasteiger partial charge >= 0.3 is 0 Å². The van der Waals surface area contributed by atoms with E-state index in [2.05, 4.69) is 47.1 Å². The molecule has 2 heterocycles. The van der Waals surface area contributed by atoms with Gasteiger partial charge in [-0.25, -0.2) is 0 Å². The Hall–Kier alpha value is -1.35. The number of carbonyl (C=O) groups is 1. The first-order chi connectivity index (χ1) is 10.2. The molecule has 3 atom stereocenters. The zero-order valence-corrected chi connectivity index (χ0v) is 12.7. The first kappa shape index (κ1) is 13.3. The Morgan fingerprint density at radius 3 is 2.62 bits per heavy atom. The van der Waals surface area contributed by atoms with Gasteiger partial charge in [0.05, 0.1) is 0 Å². The lowest BCUT2D eigenvalue weighted by Crippen LogP contribution is -2.38. The summed E-state index contributed by atoms with van der Waals surface area (Å²) >= 11 is 0. The van der Waals surface area contributed by atoms with Crippen molar-refractivity contribution < 1.29 is 4.79 Å². The van der Waals surface area contributed by atoms with E-state index >= 15 is 0 Å². The number of carbonyl (C=O) groups excluding carboxylic acids is 1. The highest BCUT2D eigenvalue weighted by Crippen LogP contribution is 2.39. The topological polar surface area (TPSA) is 23.6 Å². The monoisotopic (exact) mass is 284 g/mol. The van der Waals surface area contributed by atoms with Gasteiger partial charge in [-0.05, 0) is 44.2 Å². The van der Waals surface area contributed by atoms with Crippen molar-refractivity contribution in [2.45, 2.75) is 38.3 Å². The van der Waals surface area contributed by atoms with E-state index in [1.165, 1.54) is 18.5 Å². The van der Waals surface area contributed by atoms with E-state index in [-0.39, 0.29) is 0 Å². The zero-order chi connectivity index (χ0) is 14.4. The summed E-state index contributed by atoms with van der Waals surface area (Å²) in [6.45, 7) is 5.44. The standard InChI is InChI=1S/C18H24N2O/c1-13(14-5-3-2-4-6-14)20-10-9-16-11-19(12-17(16)20)18(21)15-7-8-15/h2-6,13,15-17H,7-12H2,1H3/t13-,16-,17?/m1/s1. The Morgan fingerprint density at radius 2 is 1.90 bits per heavy atom. The molecule has 2 aliphatic heterocycles. The van der Waals surface area contributed by atoms with Gasteiger partial charge in [0, 0.05) is 31.1 Å². The predicted octanol–water partition coefficient (Wildman–Crippen LogP) is 2.69. The highest BCUT2D eigenvalue weighted by Gasteiger charge is 2.46. The van der Waals surface area contributed by atoms with Crippen molar-refractivity contribution in [3.8, 4) is 0 Å². The number of amides is 1. The molecule has 3 fully saturated rings. The van der Waals surface area contributed by atoms with E-state index in [0.29, 0.717) is 29.8 Å². The van der Waals surface area contributed by atoms with Crippen molar-refractivity contribution in [2.24, 2.45) is 11.8 Å². The van der Waals surface area contributed by atoms with Gasteiger partial charge in [-0.15, -0.1) is 0 Å². The second-order valence-electron chi connectivity index (χ2n) is 6.96. The third kappa shape index (κ3) is 2.38. The highest BCUT2D eigenvalue weighted by molar-refractivity contribution is 5.81. The van der Waals surface area contributed by atoms with Gasteiger partial charge in [0.1, 0.15) is 0 Å². The largest absolute Gasteiger partial charge is 0.341 e. The lowest BCUT2D eigenvalue weighted by Gasteiger charge is -2.31. The maximum absolute atomic E-state index is 12.3. The fourth-order valence-electron chi connectivity index (χ4n) is 4.17. The SMILES string of the molecule is C[C@H](c1ccccc1)N1CC[C@@H]2CN(C(=O)C3CC3)CC21. The first-order valence-corrected chi connectivity index (χ1v) is 8.33. The maximum Gasteiger partial charge on any atom is 0.225 e. The summed E-state index contributed by atoms with van der Waals surface area (Å²) in [7, 11) is 0. The number of nitrogens with zero attached hydrogens (tertiary/aromatic N) is 2. The highest BCUT2D eigenvalue weighted by atomic mass is 16.2. The van der Waals surface area contributed by atoms with Gasteiger partial charge in [0.2, 0.25) is 5.91 Å². The third-order valence-electron chi connectivity index (χ3n) is 5.61. The summed E-state index contributed by atoms with van der Waals surface area (Å²) in [5.41, 5.74) is 1.39. The Bertz CT molecular complexity index is 525. The maximum atomic E-state index is 12.3. The molecule has 112 valence electrons. The van der Waals surface area contributed by atoms with Crippen LogP contribution in [-0.2, 0) is 4.79 Å². The minimum absolute atomic E-state index is 0.365. The van der Waals surface area contributed by atoms with Crippen molar-refractivity contribution in [2.75, 3.05) is 19.6 Å². The van der Waals surface area contributed by atoms with E-state index in [4.69, 9.17) is 0 Å². The number of fused-ring (bicyclic) bond motifs is 1. The van der Waals surface area contributed by atoms with Gasteiger partial charge in [-0.2, -0.15) is 0 Å². The molecule has 0 radical (unpaired) electrons. The summed E-state index contributed by atoms with van der Waals surface area (Å²) in [4.78, 5) is 17.1. The fourth-order valence-corrected chi connectivity index (χ4v) is 4.17. The van der Waals surface area contributed by atoms with Crippen molar-refractivity contribution in [1.29, 1.82) is 0 Å².